The van der Waals surface area contributed by atoms with Gasteiger partial charge in [0.1, 0.15) is 29.0 Å². The third-order valence-corrected chi connectivity index (χ3v) is 5.84. The fourth-order valence-electron chi connectivity index (χ4n) is 3.73. The van der Waals surface area contributed by atoms with Crippen LogP contribution in [-0.4, -0.2) is 27.1 Å². The van der Waals surface area contributed by atoms with Crippen LogP contribution < -0.4 is 10.3 Å². The highest BCUT2D eigenvalue weighted by Gasteiger charge is 2.23. The van der Waals surface area contributed by atoms with Gasteiger partial charge in [-0.3, -0.25) is 9.59 Å². The van der Waals surface area contributed by atoms with Crippen molar-refractivity contribution in [1.82, 2.24) is 9.47 Å². The maximum atomic E-state index is 13.8. The molecular formula is C24H21ClF2N2O4. The zero-order valence-corrected chi connectivity index (χ0v) is 18.3. The van der Waals surface area contributed by atoms with Crippen molar-refractivity contribution in [2.75, 3.05) is 6.61 Å². The first-order valence-electron chi connectivity index (χ1n) is 10.3. The molecule has 1 aliphatic heterocycles. The molecular weight excluding hydrogens is 454 g/mol. The number of ether oxygens (including phenoxy) is 1. The highest BCUT2D eigenvalue weighted by Crippen LogP contribution is 2.26. The van der Waals surface area contributed by atoms with Gasteiger partial charge in [-0.25, -0.2) is 8.78 Å². The summed E-state index contributed by atoms with van der Waals surface area (Å²) >= 11 is 6.20. The summed E-state index contributed by atoms with van der Waals surface area (Å²) in [6, 6.07) is 10.4. The van der Waals surface area contributed by atoms with Crippen molar-refractivity contribution < 1.29 is 23.4 Å². The number of aromatic nitrogens is 1. The third-order valence-electron chi connectivity index (χ3n) is 5.49. The maximum Gasteiger partial charge on any atom is 0.273 e. The standard InChI is InChI=1S/C24H21ClF2N2O4/c25-23-21(33-14-17-3-4-19(26)10-20(17)27)5-7-28(24(23)32)11-15-1-2-16-12-29(13-18(16)9-15)22(31)6-8-30/h1-5,7,9-10,30H,6,8,11-14H2. The van der Waals surface area contributed by atoms with Crippen LogP contribution in [0.15, 0.2) is 53.5 Å². The number of aliphatic hydroxyl groups excluding tert-OH is 1. The number of hydrogen-bond donors (Lipinski definition) is 1. The number of amides is 1. The first kappa shape index (κ1) is 22.9. The second kappa shape index (κ2) is 9.72. The van der Waals surface area contributed by atoms with Crippen molar-refractivity contribution in [3.05, 3.63) is 97.9 Å². The van der Waals surface area contributed by atoms with Gasteiger partial charge in [0.2, 0.25) is 5.91 Å². The quantitative estimate of drug-likeness (QED) is 0.567. The van der Waals surface area contributed by atoms with Gasteiger partial charge in [0, 0.05) is 37.3 Å². The molecule has 33 heavy (non-hydrogen) atoms. The van der Waals surface area contributed by atoms with E-state index >= 15 is 0 Å². The Morgan fingerprint density at radius 1 is 1.09 bits per heavy atom. The molecule has 0 aliphatic carbocycles. The number of aliphatic hydroxyl groups is 1. The monoisotopic (exact) mass is 474 g/mol. The Labute approximate surface area is 193 Å². The van der Waals surface area contributed by atoms with Crippen molar-refractivity contribution in [3.8, 4) is 5.75 Å². The molecule has 4 rings (SSSR count). The molecule has 0 radical (unpaired) electrons. The first-order chi connectivity index (χ1) is 15.9. The lowest BCUT2D eigenvalue weighted by Gasteiger charge is -2.14. The molecule has 1 aromatic heterocycles. The van der Waals surface area contributed by atoms with Crippen molar-refractivity contribution >= 4 is 17.5 Å². The summed E-state index contributed by atoms with van der Waals surface area (Å²) in [6.07, 6.45) is 1.63. The molecule has 2 heterocycles. The second-order valence-corrected chi connectivity index (χ2v) is 8.16. The van der Waals surface area contributed by atoms with Gasteiger partial charge in [-0.05, 0) is 34.9 Å². The highest BCUT2D eigenvalue weighted by molar-refractivity contribution is 6.31. The average Bonchev–Trinajstić information content (AvgIpc) is 3.21. The largest absolute Gasteiger partial charge is 0.487 e. The minimum absolute atomic E-state index is 0.0942. The molecule has 9 heteroatoms. The van der Waals surface area contributed by atoms with Crippen molar-refractivity contribution in [2.45, 2.75) is 32.7 Å². The van der Waals surface area contributed by atoms with E-state index in [-0.39, 0.29) is 48.4 Å². The van der Waals surface area contributed by atoms with E-state index in [1.807, 2.05) is 18.2 Å². The molecule has 1 aliphatic rings. The second-order valence-electron chi connectivity index (χ2n) is 7.78. The third kappa shape index (κ3) is 5.07. The molecule has 1 N–H and O–H groups in total. The van der Waals surface area contributed by atoms with E-state index in [0.29, 0.717) is 13.1 Å². The molecule has 0 atom stereocenters. The predicted molar refractivity (Wildman–Crippen MR) is 118 cm³/mol. The Hall–Kier alpha value is -3.23. The summed E-state index contributed by atoms with van der Waals surface area (Å²) in [5.41, 5.74) is 2.58. The average molecular weight is 475 g/mol. The van der Waals surface area contributed by atoms with Gasteiger partial charge < -0.3 is 19.3 Å². The van der Waals surface area contributed by atoms with Crippen molar-refractivity contribution in [2.24, 2.45) is 0 Å². The molecule has 3 aromatic rings. The van der Waals surface area contributed by atoms with Crippen LogP contribution in [0, 0.1) is 11.6 Å². The van der Waals surface area contributed by atoms with E-state index in [1.54, 1.807) is 4.90 Å². The topological polar surface area (TPSA) is 71.8 Å². The van der Waals surface area contributed by atoms with Gasteiger partial charge in [0.15, 0.2) is 0 Å². The summed E-state index contributed by atoms with van der Waals surface area (Å²) in [4.78, 5) is 26.4. The van der Waals surface area contributed by atoms with Crippen LogP contribution >= 0.6 is 11.6 Å². The first-order valence-corrected chi connectivity index (χ1v) is 10.7. The number of pyridine rings is 1. The Bertz CT molecular complexity index is 1260. The highest BCUT2D eigenvalue weighted by atomic mass is 35.5. The predicted octanol–water partition coefficient (Wildman–Crippen LogP) is 3.63. The molecule has 1 amide bonds. The number of benzene rings is 2. The summed E-state index contributed by atoms with van der Waals surface area (Å²) in [5, 5.41) is 8.84. The van der Waals surface area contributed by atoms with Gasteiger partial charge in [-0.2, -0.15) is 0 Å². The van der Waals surface area contributed by atoms with E-state index in [0.717, 1.165) is 28.8 Å². The summed E-state index contributed by atoms with van der Waals surface area (Å²) < 4.78 is 33.7. The Morgan fingerprint density at radius 3 is 2.64 bits per heavy atom. The van der Waals surface area contributed by atoms with E-state index in [9.17, 15) is 18.4 Å². The lowest BCUT2D eigenvalue weighted by Crippen LogP contribution is -2.25. The number of halogens is 3. The lowest BCUT2D eigenvalue weighted by atomic mass is 10.1. The number of rotatable bonds is 7. The van der Waals surface area contributed by atoms with Crippen LogP contribution in [0.5, 0.6) is 5.75 Å². The molecule has 0 spiro atoms. The van der Waals surface area contributed by atoms with Crippen LogP contribution in [-0.2, 0) is 31.0 Å². The zero-order valence-electron chi connectivity index (χ0n) is 17.6. The molecule has 0 bridgehead atoms. The maximum absolute atomic E-state index is 13.8. The van der Waals surface area contributed by atoms with Crippen LogP contribution in [0.4, 0.5) is 8.78 Å². The SMILES string of the molecule is O=C(CCO)N1Cc2ccc(Cn3ccc(OCc4ccc(F)cc4F)c(Cl)c3=O)cc2C1. The number of hydrogen-bond acceptors (Lipinski definition) is 4. The summed E-state index contributed by atoms with van der Waals surface area (Å²) in [5.74, 6) is -1.43. The van der Waals surface area contributed by atoms with Crippen LogP contribution in [0.1, 0.15) is 28.7 Å². The normalized spacial score (nSPS) is 12.7. The molecule has 6 nitrogen and oxygen atoms in total. The van der Waals surface area contributed by atoms with Crippen molar-refractivity contribution in [1.29, 1.82) is 0 Å². The molecule has 0 fully saturated rings. The van der Waals surface area contributed by atoms with E-state index in [4.69, 9.17) is 21.4 Å². The van der Waals surface area contributed by atoms with Gasteiger partial charge in [0.25, 0.3) is 5.56 Å². The van der Waals surface area contributed by atoms with E-state index < -0.39 is 17.2 Å². The van der Waals surface area contributed by atoms with E-state index in [1.165, 1.54) is 22.9 Å². The van der Waals surface area contributed by atoms with Gasteiger partial charge in [-0.1, -0.05) is 29.8 Å². The fourth-order valence-corrected chi connectivity index (χ4v) is 3.96. The van der Waals surface area contributed by atoms with Crippen LogP contribution in [0.3, 0.4) is 0 Å². The van der Waals surface area contributed by atoms with Gasteiger partial charge in [0.05, 0.1) is 13.2 Å². The lowest BCUT2D eigenvalue weighted by molar-refractivity contribution is -0.132. The number of nitrogens with zero attached hydrogens (tertiary/aromatic N) is 2. The van der Waals surface area contributed by atoms with Gasteiger partial charge in [-0.15, -0.1) is 0 Å². The van der Waals surface area contributed by atoms with E-state index in [2.05, 4.69) is 0 Å². The summed E-state index contributed by atoms with van der Waals surface area (Å²) in [6.45, 7) is 0.847. The number of fused-ring (bicyclic) bond motifs is 1. The molecule has 2 aromatic carbocycles. The van der Waals surface area contributed by atoms with Gasteiger partial charge >= 0.3 is 0 Å². The zero-order chi connectivity index (χ0) is 23.5. The summed E-state index contributed by atoms with van der Waals surface area (Å²) in [7, 11) is 0. The number of carbonyl (C=O) groups is 1. The molecule has 0 saturated heterocycles. The Kier molecular flexibility index (Phi) is 6.76. The van der Waals surface area contributed by atoms with Crippen LogP contribution in [0.2, 0.25) is 5.02 Å². The number of carbonyl (C=O) groups excluding carboxylic acids is 1. The molecule has 0 saturated carbocycles. The minimum Gasteiger partial charge on any atom is -0.487 e. The smallest absolute Gasteiger partial charge is 0.273 e. The van der Waals surface area contributed by atoms with Crippen LogP contribution in [0.25, 0.3) is 0 Å². The molecule has 172 valence electrons. The Morgan fingerprint density at radius 2 is 1.88 bits per heavy atom. The Balaban J connectivity index is 1.46. The fraction of sp³-hybridized carbons (Fsp3) is 0.250. The molecule has 0 unspecified atom stereocenters. The minimum atomic E-state index is -0.743. The van der Waals surface area contributed by atoms with Crippen molar-refractivity contribution in [3.63, 3.8) is 0 Å².